The lowest BCUT2D eigenvalue weighted by molar-refractivity contribution is 0.0433. The van der Waals surface area contributed by atoms with Gasteiger partial charge in [0.25, 0.3) is 5.91 Å². The third-order valence-electron chi connectivity index (χ3n) is 4.23. The fourth-order valence-electron chi connectivity index (χ4n) is 2.98. The zero-order valence-corrected chi connectivity index (χ0v) is 13.8. The van der Waals surface area contributed by atoms with Crippen LogP contribution in [0.15, 0.2) is 42.6 Å². The number of aromatic nitrogens is 2. The molecule has 0 aliphatic heterocycles. The van der Waals surface area contributed by atoms with Gasteiger partial charge in [-0.1, -0.05) is 25.1 Å². The van der Waals surface area contributed by atoms with E-state index >= 15 is 0 Å². The van der Waals surface area contributed by atoms with Crippen molar-refractivity contribution in [2.24, 2.45) is 0 Å². The molecule has 0 saturated heterocycles. The van der Waals surface area contributed by atoms with E-state index in [0.717, 1.165) is 18.7 Å². The SMILES string of the molecule is CCCn1ccc(C(=O)N[C@@H]2CC[C@@H](Oc3ccccc3)[C@@H]2O)n1. The summed E-state index contributed by atoms with van der Waals surface area (Å²) in [6.07, 6.45) is 3.10. The van der Waals surface area contributed by atoms with Crippen molar-refractivity contribution in [2.75, 3.05) is 0 Å². The Bertz CT molecular complexity index is 671. The van der Waals surface area contributed by atoms with Crippen LogP contribution in [-0.4, -0.2) is 39.0 Å². The monoisotopic (exact) mass is 329 g/mol. The molecule has 3 atom stereocenters. The third-order valence-corrected chi connectivity index (χ3v) is 4.23. The molecule has 1 aromatic carbocycles. The molecule has 1 heterocycles. The first-order valence-electron chi connectivity index (χ1n) is 8.41. The van der Waals surface area contributed by atoms with Gasteiger partial charge < -0.3 is 15.2 Å². The lowest BCUT2D eigenvalue weighted by Gasteiger charge is -2.21. The molecule has 24 heavy (non-hydrogen) atoms. The van der Waals surface area contributed by atoms with E-state index in [1.807, 2.05) is 30.3 Å². The van der Waals surface area contributed by atoms with Crippen LogP contribution in [0.2, 0.25) is 0 Å². The molecule has 1 fully saturated rings. The first kappa shape index (κ1) is 16.5. The Morgan fingerprint density at radius 1 is 1.33 bits per heavy atom. The molecular weight excluding hydrogens is 306 g/mol. The number of rotatable bonds is 6. The quantitative estimate of drug-likeness (QED) is 0.850. The predicted molar refractivity (Wildman–Crippen MR) is 89.9 cm³/mol. The molecule has 2 N–H and O–H groups in total. The number of benzene rings is 1. The Labute approximate surface area is 141 Å². The van der Waals surface area contributed by atoms with E-state index in [9.17, 15) is 9.90 Å². The average Bonchev–Trinajstić information content (AvgIpc) is 3.18. The van der Waals surface area contributed by atoms with Gasteiger partial charge in [-0.05, 0) is 37.5 Å². The first-order valence-corrected chi connectivity index (χ1v) is 8.41. The number of carbonyl (C=O) groups is 1. The molecule has 128 valence electrons. The van der Waals surface area contributed by atoms with Crippen molar-refractivity contribution in [2.45, 2.75) is 51.0 Å². The summed E-state index contributed by atoms with van der Waals surface area (Å²) in [6, 6.07) is 10.8. The highest BCUT2D eigenvalue weighted by atomic mass is 16.5. The van der Waals surface area contributed by atoms with Crippen molar-refractivity contribution in [3.63, 3.8) is 0 Å². The molecule has 6 nitrogen and oxygen atoms in total. The second-order valence-electron chi connectivity index (χ2n) is 6.08. The minimum atomic E-state index is -0.730. The Kier molecular flexibility index (Phi) is 5.15. The van der Waals surface area contributed by atoms with Crippen LogP contribution in [0.25, 0.3) is 0 Å². The summed E-state index contributed by atoms with van der Waals surface area (Å²) >= 11 is 0. The summed E-state index contributed by atoms with van der Waals surface area (Å²) in [5.41, 5.74) is 0.378. The van der Waals surface area contributed by atoms with Crippen LogP contribution in [0.3, 0.4) is 0 Å². The average molecular weight is 329 g/mol. The van der Waals surface area contributed by atoms with Gasteiger partial charge in [-0.3, -0.25) is 9.48 Å². The molecule has 0 radical (unpaired) electrons. The van der Waals surface area contributed by atoms with Gasteiger partial charge in [-0.15, -0.1) is 0 Å². The highest BCUT2D eigenvalue weighted by molar-refractivity contribution is 5.92. The van der Waals surface area contributed by atoms with E-state index in [1.165, 1.54) is 0 Å². The van der Waals surface area contributed by atoms with Crippen LogP contribution >= 0.6 is 0 Å². The number of nitrogens with zero attached hydrogens (tertiary/aromatic N) is 2. The van der Waals surface area contributed by atoms with Crippen molar-refractivity contribution < 1.29 is 14.6 Å². The van der Waals surface area contributed by atoms with E-state index in [-0.39, 0.29) is 18.1 Å². The van der Waals surface area contributed by atoms with Crippen molar-refractivity contribution in [1.29, 1.82) is 0 Å². The normalized spacial score (nSPS) is 23.2. The highest BCUT2D eigenvalue weighted by Gasteiger charge is 2.37. The fourth-order valence-corrected chi connectivity index (χ4v) is 2.98. The number of amides is 1. The van der Waals surface area contributed by atoms with Crippen LogP contribution in [0.1, 0.15) is 36.7 Å². The van der Waals surface area contributed by atoms with Gasteiger partial charge >= 0.3 is 0 Å². The Balaban J connectivity index is 1.56. The minimum absolute atomic E-state index is 0.255. The van der Waals surface area contributed by atoms with Gasteiger partial charge in [-0.25, -0.2) is 0 Å². The van der Waals surface area contributed by atoms with E-state index in [4.69, 9.17) is 4.74 Å². The standard InChI is InChI=1S/C18H23N3O3/c1-2-11-21-12-10-15(20-21)18(23)19-14-8-9-16(17(14)22)24-13-6-4-3-5-7-13/h3-7,10,12,14,16-17,22H,2,8-9,11H2,1H3,(H,19,23)/t14-,16-,17-/m1/s1. The zero-order chi connectivity index (χ0) is 16.9. The lowest BCUT2D eigenvalue weighted by Crippen LogP contribution is -2.44. The molecule has 2 aromatic rings. The number of aliphatic hydroxyl groups excluding tert-OH is 1. The van der Waals surface area contributed by atoms with Crippen molar-refractivity contribution in [3.8, 4) is 5.75 Å². The van der Waals surface area contributed by atoms with Gasteiger partial charge in [0, 0.05) is 12.7 Å². The van der Waals surface area contributed by atoms with Crippen molar-refractivity contribution in [1.82, 2.24) is 15.1 Å². The van der Waals surface area contributed by atoms with E-state index in [2.05, 4.69) is 17.3 Å². The van der Waals surface area contributed by atoms with E-state index < -0.39 is 6.10 Å². The maximum atomic E-state index is 12.3. The second-order valence-corrected chi connectivity index (χ2v) is 6.08. The number of aryl methyl sites for hydroxylation is 1. The van der Waals surface area contributed by atoms with Crippen LogP contribution in [-0.2, 0) is 6.54 Å². The van der Waals surface area contributed by atoms with Crippen molar-refractivity contribution >= 4 is 5.91 Å². The summed E-state index contributed by atoms with van der Waals surface area (Å²) in [4.78, 5) is 12.3. The Hall–Kier alpha value is -2.34. The summed E-state index contributed by atoms with van der Waals surface area (Å²) in [7, 11) is 0. The maximum Gasteiger partial charge on any atom is 0.272 e. The molecule has 1 aromatic heterocycles. The van der Waals surface area contributed by atoms with Crippen molar-refractivity contribution in [3.05, 3.63) is 48.3 Å². The molecule has 1 amide bonds. The van der Waals surface area contributed by atoms with Crippen LogP contribution < -0.4 is 10.1 Å². The number of carbonyl (C=O) groups excluding carboxylic acids is 1. The van der Waals surface area contributed by atoms with E-state index in [1.54, 1.807) is 16.9 Å². The maximum absolute atomic E-state index is 12.3. The molecule has 0 spiro atoms. The van der Waals surface area contributed by atoms with Crippen LogP contribution in [0.4, 0.5) is 0 Å². The smallest absolute Gasteiger partial charge is 0.272 e. The minimum Gasteiger partial charge on any atom is -0.488 e. The summed E-state index contributed by atoms with van der Waals surface area (Å²) in [6.45, 7) is 2.84. The number of para-hydroxylation sites is 1. The number of ether oxygens (including phenoxy) is 1. The number of hydrogen-bond acceptors (Lipinski definition) is 4. The van der Waals surface area contributed by atoms with Gasteiger partial charge in [0.2, 0.25) is 0 Å². The van der Waals surface area contributed by atoms with Gasteiger partial charge in [0.1, 0.15) is 23.7 Å². The topological polar surface area (TPSA) is 76.4 Å². The van der Waals surface area contributed by atoms with E-state index in [0.29, 0.717) is 18.5 Å². The first-order chi connectivity index (χ1) is 11.7. The van der Waals surface area contributed by atoms with Gasteiger partial charge in [-0.2, -0.15) is 5.10 Å². The Morgan fingerprint density at radius 3 is 2.88 bits per heavy atom. The molecule has 0 bridgehead atoms. The molecule has 3 rings (SSSR count). The zero-order valence-electron chi connectivity index (χ0n) is 13.8. The summed E-state index contributed by atoms with van der Waals surface area (Å²) < 4.78 is 7.57. The van der Waals surface area contributed by atoms with Gasteiger partial charge in [0.05, 0.1) is 6.04 Å². The number of nitrogens with one attached hydrogen (secondary N) is 1. The van der Waals surface area contributed by atoms with Crippen LogP contribution in [0.5, 0.6) is 5.75 Å². The number of aliphatic hydroxyl groups is 1. The Morgan fingerprint density at radius 2 is 2.12 bits per heavy atom. The number of hydrogen-bond donors (Lipinski definition) is 2. The molecule has 0 unspecified atom stereocenters. The molecule has 6 heteroatoms. The fraction of sp³-hybridized carbons (Fsp3) is 0.444. The largest absolute Gasteiger partial charge is 0.488 e. The third kappa shape index (κ3) is 3.76. The summed E-state index contributed by atoms with van der Waals surface area (Å²) in [5.74, 6) is 0.473. The lowest BCUT2D eigenvalue weighted by atomic mass is 10.2. The predicted octanol–water partition coefficient (Wildman–Crippen LogP) is 1.99. The molecule has 1 aliphatic carbocycles. The summed E-state index contributed by atoms with van der Waals surface area (Å²) in [5, 5.41) is 17.5. The second kappa shape index (κ2) is 7.49. The highest BCUT2D eigenvalue weighted by Crippen LogP contribution is 2.25. The van der Waals surface area contributed by atoms with Gasteiger partial charge in [0.15, 0.2) is 0 Å². The molecule has 1 saturated carbocycles. The van der Waals surface area contributed by atoms with Crippen LogP contribution in [0, 0.1) is 0 Å². The molecule has 1 aliphatic rings. The molecular formula is C18H23N3O3.